The second-order valence-electron chi connectivity index (χ2n) is 30.7. The molecule has 2 saturated heterocycles. The van der Waals surface area contributed by atoms with E-state index in [4.69, 9.17) is 52.1 Å². The molecule has 4 saturated carbocycles. The lowest BCUT2D eigenvalue weighted by atomic mass is 9.33. The number of fused-ring (bicyclic) bond motifs is 7. The average Bonchev–Trinajstić information content (AvgIpc) is 0.675. The normalized spacial score (nSPS) is 33.6. The van der Waals surface area contributed by atoms with Gasteiger partial charge in [-0.3, -0.25) is 4.79 Å². The molecular formula is C84H92O18. The molecule has 18 nitrogen and oxygen atoms in total. The summed E-state index contributed by atoms with van der Waals surface area (Å²) in [5, 5.41) is 0. The molecule has 0 bridgehead atoms. The van der Waals surface area contributed by atoms with E-state index in [0.717, 1.165) is 51.4 Å². The molecule has 6 fully saturated rings. The first-order valence-electron chi connectivity index (χ1n) is 35.9. The molecule has 0 N–H and O–H groups in total. The van der Waals surface area contributed by atoms with Crippen molar-refractivity contribution >= 4 is 41.8 Å². The van der Waals surface area contributed by atoms with Crippen LogP contribution in [0.1, 0.15) is 175 Å². The van der Waals surface area contributed by atoms with E-state index in [-0.39, 0.29) is 79.8 Å². The van der Waals surface area contributed by atoms with Gasteiger partial charge in [0.25, 0.3) is 0 Å². The maximum Gasteiger partial charge on any atom is 0.338 e. The highest BCUT2D eigenvalue weighted by Gasteiger charge is 2.71. The van der Waals surface area contributed by atoms with Gasteiger partial charge in [-0.2, -0.15) is 0 Å². The fourth-order valence-electron chi connectivity index (χ4n) is 18.8. The van der Waals surface area contributed by atoms with Crippen molar-refractivity contribution < 1.29 is 85.7 Å². The Morgan fingerprint density at radius 1 is 0.461 bits per heavy atom. The molecule has 13 rings (SSSR count). The number of hydrogen-bond donors (Lipinski definition) is 0. The van der Waals surface area contributed by atoms with Crippen LogP contribution in [0.25, 0.3) is 0 Å². The summed E-state index contributed by atoms with van der Waals surface area (Å²) in [4.78, 5) is 102. The van der Waals surface area contributed by atoms with Crippen molar-refractivity contribution in [2.75, 3.05) is 20.3 Å². The maximum absolute atomic E-state index is 15.0. The minimum absolute atomic E-state index is 0.0419. The van der Waals surface area contributed by atoms with E-state index in [0.29, 0.717) is 18.4 Å². The summed E-state index contributed by atoms with van der Waals surface area (Å²) >= 11 is 0. The van der Waals surface area contributed by atoms with Crippen LogP contribution in [-0.4, -0.2) is 124 Å². The molecule has 0 radical (unpaired) electrons. The zero-order valence-corrected chi connectivity index (χ0v) is 59.2. The highest BCUT2D eigenvalue weighted by Crippen LogP contribution is 2.76. The number of allylic oxidation sites excluding steroid dienone is 2. The predicted molar refractivity (Wildman–Crippen MR) is 374 cm³/mol. The van der Waals surface area contributed by atoms with E-state index in [2.05, 4.69) is 47.6 Å². The number of esters is 7. The van der Waals surface area contributed by atoms with E-state index >= 15 is 0 Å². The SMILES string of the molecule is COC(=O)[C@]12CCC(C)(C)C[C@H]1C1=CC[C@@H]3[C@@]4(C)CC[C@H](O[C@@H]5OC[C@H](O[C@@H]6O[C@@H](C)[C@H](OC(=O)c7ccccc7)[C@@H](OC(=O)c7ccccc7)[C@H]6OC(=O)c6ccccc6)[C@H](OC(=O)c6ccccc6)[C@H]5OC(=O)c5ccccc5)[C@@](C)(COC(=O)c5ccccc5)[C@@H]4CC[C@@]3(C)[C@]1(C)CC2. The summed E-state index contributed by atoms with van der Waals surface area (Å²) in [6.45, 7) is 15.2. The largest absolute Gasteiger partial charge is 0.469 e. The highest BCUT2D eigenvalue weighted by atomic mass is 16.8. The summed E-state index contributed by atoms with van der Waals surface area (Å²) in [5.41, 5.74) is 0.180. The van der Waals surface area contributed by atoms with E-state index < -0.39 is 115 Å². The number of methoxy groups -OCH3 is 1. The van der Waals surface area contributed by atoms with Crippen LogP contribution in [0, 0.1) is 50.2 Å². The van der Waals surface area contributed by atoms with E-state index in [1.165, 1.54) is 24.8 Å². The minimum Gasteiger partial charge on any atom is -0.469 e. The van der Waals surface area contributed by atoms with Crippen LogP contribution in [0.2, 0.25) is 0 Å². The molecule has 0 amide bonds. The molecule has 7 aliphatic rings. The first kappa shape index (κ1) is 71.6. The summed E-state index contributed by atoms with van der Waals surface area (Å²) in [6.07, 6.45) is -4.52. The molecule has 102 heavy (non-hydrogen) atoms. The molecular weight excluding hydrogens is 1300 g/mol. The number of hydrogen-bond acceptors (Lipinski definition) is 18. The molecule has 536 valence electrons. The van der Waals surface area contributed by atoms with Gasteiger partial charge in [0.05, 0.1) is 71.3 Å². The lowest BCUT2D eigenvalue weighted by Crippen LogP contribution is -2.67. The van der Waals surface area contributed by atoms with Crippen molar-refractivity contribution in [1.29, 1.82) is 0 Å². The third-order valence-electron chi connectivity index (χ3n) is 24.5. The molecule has 0 spiro atoms. The Morgan fingerprint density at radius 3 is 1.39 bits per heavy atom. The molecule has 2 aliphatic heterocycles. The molecule has 2 heterocycles. The van der Waals surface area contributed by atoms with Crippen LogP contribution in [0.5, 0.6) is 0 Å². The van der Waals surface area contributed by atoms with Crippen LogP contribution in [-0.2, 0) is 56.9 Å². The Hall–Kier alpha value is -8.81. The van der Waals surface area contributed by atoms with E-state index in [1.807, 2.05) is 6.07 Å². The molecule has 18 heteroatoms. The van der Waals surface area contributed by atoms with E-state index in [9.17, 15) is 33.6 Å². The lowest BCUT2D eigenvalue weighted by Gasteiger charge is -2.71. The Bertz CT molecular complexity index is 4040. The van der Waals surface area contributed by atoms with Crippen molar-refractivity contribution in [3.8, 4) is 0 Å². The Kier molecular flexibility index (Phi) is 20.5. The van der Waals surface area contributed by atoms with Crippen LogP contribution in [0.15, 0.2) is 194 Å². The highest BCUT2D eigenvalue weighted by molar-refractivity contribution is 5.92. The van der Waals surface area contributed by atoms with Gasteiger partial charge in [-0.25, -0.2) is 28.8 Å². The number of ether oxygens (including phenoxy) is 11. The quantitative estimate of drug-likeness (QED) is 0.0338. The van der Waals surface area contributed by atoms with E-state index in [1.54, 1.807) is 171 Å². The van der Waals surface area contributed by atoms with Gasteiger partial charge in [-0.15, -0.1) is 0 Å². The van der Waals surface area contributed by atoms with Crippen LogP contribution >= 0.6 is 0 Å². The molecule has 6 aromatic carbocycles. The van der Waals surface area contributed by atoms with Crippen LogP contribution in [0.3, 0.4) is 0 Å². The van der Waals surface area contributed by atoms with Crippen molar-refractivity contribution in [2.24, 2.45) is 50.2 Å². The average molecular weight is 1390 g/mol. The predicted octanol–water partition coefficient (Wildman–Crippen LogP) is 14.8. The summed E-state index contributed by atoms with van der Waals surface area (Å²) < 4.78 is 72.6. The summed E-state index contributed by atoms with van der Waals surface area (Å²) in [6, 6.07) is 49.8. The van der Waals surface area contributed by atoms with Gasteiger partial charge < -0.3 is 52.1 Å². The van der Waals surface area contributed by atoms with Gasteiger partial charge in [0.2, 0.25) is 0 Å². The summed E-state index contributed by atoms with van der Waals surface area (Å²) in [5.74, 6) is -4.73. The van der Waals surface area contributed by atoms with Crippen LogP contribution < -0.4 is 0 Å². The van der Waals surface area contributed by atoms with Crippen molar-refractivity contribution in [1.82, 2.24) is 0 Å². The molecule has 0 unspecified atom stereocenters. The zero-order valence-electron chi connectivity index (χ0n) is 59.2. The first-order valence-corrected chi connectivity index (χ1v) is 35.9. The second kappa shape index (κ2) is 29.1. The topological polar surface area (TPSA) is 221 Å². The fourth-order valence-corrected chi connectivity index (χ4v) is 18.8. The van der Waals surface area contributed by atoms with Crippen molar-refractivity contribution in [2.45, 2.75) is 174 Å². The van der Waals surface area contributed by atoms with Gasteiger partial charge in [-0.05, 0) is 183 Å². The van der Waals surface area contributed by atoms with Crippen molar-refractivity contribution in [3.05, 3.63) is 227 Å². The first-order chi connectivity index (χ1) is 49.0. The molecule has 18 atom stereocenters. The number of carbonyl (C=O) groups excluding carboxylic acids is 7. The van der Waals surface area contributed by atoms with Gasteiger partial charge in [0, 0.05) is 5.41 Å². The Balaban J connectivity index is 0.877. The van der Waals surface area contributed by atoms with Crippen molar-refractivity contribution in [3.63, 3.8) is 0 Å². The fraction of sp³-hybridized carbons (Fsp3) is 0.464. The third-order valence-corrected chi connectivity index (χ3v) is 24.5. The standard InChI is InChI=1S/C84H92O18/c1-52-65(98-71(86)54-29-17-10-18-30-54)67(100-73(88)56-33-21-12-22-34-56)69(102-75(90)58-37-25-14-26-38-58)77(95-52)96-61-50-93-76(68(101-74(89)57-35-23-13-24-36-57)66(61)99-72(87)55-31-19-11-20-32-55)97-64-42-43-80(4)62(81(64,5)51-94-70(85)53-27-15-9-16-28-53)41-44-83(7)63(80)40-39-59-60-49-79(2,3)45-47-84(60,78(91)92-8)48-46-82(59,83)6/h9-39,52,60-69,76-77H,40-51H2,1-8H3/t52-,60-,61-,62+,63+,64-,65-,66-,67+,68+,69+,76-,77-,80-,81-,82+,83+,84-/m0/s1. The van der Waals surface area contributed by atoms with Gasteiger partial charge in [0.1, 0.15) is 6.10 Å². The second-order valence-corrected chi connectivity index (χ2v) is 30.7. The zero-order chi connectivity index (χ0) is 71.8. The molecule has 5 aliphatic carbocycles. The monoisotopic (exact) mass is 1390 g/mol. The third kappa shape index (κ3) is 13.6. The van der Waals surface area contributed by atoms with Gasteiger partial charge in [0.15, 0.2) is 43.1 Å². The number of carbonyl (C=O) groups is 7. The Labute approximate surface area is 596 Å². The number of benzene rings is 6. The molecule has 0 aromatic heterocycles. The van der Waals surface area contributed by atoms with Gasteiger partial charge >= 0.3 is 41.8 Å². The number of rotatable bonds is 18. The Morgan fingerprint density at radius 2 is 0.902 bits per heavy atom. The summed E-state index contributed by atoms with van der Waals surface area (Å²) in [7, 11) is 1.53. The van der Waals surface area contributed by atoms with Gasteiger partial charge in [-0.1, -0.05) is 162 Å². The minimum atomic E-state index is -1.74. The van der Waals surface area contributed by atoms with Crippen LogP contribution in [0.4, 0.5) is 0 Å². The lowest BCUT2D eigenvalue weighted by molar-refractivity contribution is -0.347. The smallest absolute Gasteiger partial charge is 0.338 e. The maximum atomic E-state index is 15.0. The molecule has 6 aromatic rings.